The molecule has 2 N–H and O–H groups in total. The highest BCUT2D eigenvalue weighted by atomic mass is 16.5. The van der Waals surface area contributed by atoms with Crippen molar-refractivity contribution < 1.29 is 9.53 Å². The Kier molecular flexibility index (Phi) is 2.54. The number of aromatic nitrogens is 1. The van der Waals surface area contributed by atoms with E-state index in [-0.39, 0.29) is 5.91 Å². The van der Waals surface area contributed by atoms with Crippen LogP contribution in [0, 0.1) is 0 Å². The minimum Gasteiger partial charge on any atom is -0.381 e. The number of carbonyl (C=O) groups excluding carboxylic acids is 1. The fourth-order valence-electron chi connectivity index (χ4n) is 1.79. The van der Waals surface area contributed by atoms with Gasteiger partial charge in [-0.3, -0.25) is 4.79 Å². The van der Waals surface area contributed by atoms with E-state index < -0.39 is 0 Å². The molecule has 4 heteroatoms. The second-order valence-electron chi connectivity index (χ2n) is 3.35. The molecule has 0 atom stereocenters. The van der Waals surface area contributed by atoms with Gasteiger partial charge < -0.3 is 15.0 Å². The van der Waals surface area contributed by atoms with Gasteiger partial charge >= 0.3 is 0 Å². The number of carbonyl (C=O) groups is 1. The van der Waals surface area contributed by atoms with Crippen molar-refractivity contribution in [2.75, 3.05) is 20.3 Å². The zero-order chi connectivity index (χ0) is 9.97. The van der Waals surface area contributed by atoms with Crippen molar-refractivity contribution in [2.24, 2.45) is 0 Å². The maximum atomic E-state index is 11.5. The van der Waals surface area contributed by atoms with Crippen LogP contribution in [-0.2, 0) is 17.6 Å². The summed E-state index contributed by atoms with van der Waals surface area (Å²) >= 11 is 0. The summed E-state index contributed by atoms with van der Waals surface area (Å²) in [4.78, 5) is 14.6. The van der Waals surface area contributed by atoms with Crippen molar-refractivity contribution in [3.8, 4) is 0 Å². The summed E-state index contributed by atoms with van der Waals surface area (Å²) in [6.07, 6.45) is 3.47. The smallest absolute Gasteiger partial charge is 0.252 e. The number of hydrogen-bond acceptors (Lipinski definition) is 2. The monoisotopic (exact) mass is 194 g/mol. The lowest BCUT2D eigenvalue weighted by molar-refractivity contribution is 0.0962. The van der Waals surface area contributed by atoms with E-state index in [2.05, 4.69) is 10.3 Å². The third kappa shape index (κ3) is 1.53. The molecule has 76 valence electrons. The standard InChI is InChI=1S/C10H14N2O2/c1-11-10(13)8-6-12-9-3-5-14-4-2-7(8)9/h6,12H,2-5H2,1H3,(H,11,13). The molecule has 0 bridgehead atoms. The fourth-order valence-corrected chi connectivity index (χ4v) is 1.79. The van der Waals surface area contributed by atoms with Crippen molar-refractivity contribution in [2.45, 2.75) is 12.8 Å². The van der Waals surface area contributed by atoms with Gasteiger partial charge in [-0.1, -0.05) is 0 Å². The van der Waals surface area contributed by atoms with E-state index in [1.165, 1.54) is 0 Å². The molecule has 0 saturated heterocycles. The molecular weight excluding hydrogens is 180 g/mol. The van der Waals surface area contributed by atoms with Gasteiger partial charge in [0.25, 0.3) is 5.91 Å². The molecule has 1 amide bonds. The largest absolute Gasteiger partial charge is 0.381 e. The molecule has 0 spiro atoms. The van der Waals surface area contributed by atoms with Gasteiger partial charge in [0.05, 0.1) is 18.8 Å². The molecule has 4 nitrogen and oxygen atoms in total. The van der Waals surface area contributed by atoms with Crippen molar-refractivity contribution in [1.29, 1.82) is 0 Å². The summed E-state index contributed by atoms with van der Waals surface area (Å²) in [6, 6.07) is 0. The van der Waals surface area contributed by atoms with Crippen LogP contribution in [0.2, 0.25) is 0 Å². The van der Waals surface area contributed by atoms with Crippen LogP contribution >= 0.6 is 0 Å². The van der Waals surface area contributed by atoms with Crippen molar-refractivity contribution >= 4 is 5.91 Å². The van der Waals surface area contributed by atoms with Gasteiger partial charge in [-0.25, -0.2) is 0 Å². The predicted octanol–water partition coefficient (Wildman–Crippen LogP) is 0.489. The maximum absolute atomic E-state index is 11.5. The second kappa shape index (κ2) is 3.84. The summed E-state index contributed by atoms with van der Waals surface area (Å²) in [7, 11) is 1.65. The first-order valence-corrected chi connectivity index (χ1v) is 4.82. The van der Waals surface area contributed by atoms with Crippen LogP contribution in [0.1, 0.15) is 21.6 Å². The highest BCUT2D eigenvalue weighted by Gasteiger charge is 2.17. The third-order valence-electron chi connectivity index (χ3n) is 2.54. The third-order valence-corrected chi connectivity index (χ3v) is 2.54. The van der Waals surface area contributed by atoms with Crippen LogP contribution in [0.15, 0.2) is 6.20 Å². The van der Waals surface area contributed by atoms with Crippen LogP contribution in [0.4, 0.5) is 0 Å². The normalized spacial score (nSPS) is 15.8. The SMILES string of the molecule is CNC(=O)c1c[nH]c2c1CCOCC2. The Labute approximate surface area is 82.6 Å². The van der Waals surface area contributed by atoms with Crippen LogP contribution in [0.5, 0.6) is 0 Å². The zero-order valence-electron chi connectivity index (χ0n) is 8.22. The number of H-pyrrole nitrogens is 1. The second-order valence-corrected chi connectivity index (χ2v) is 3.35. The zero-order valence-corrected chi connectivity index (χ0v) is 8.22. The van der Waals surface area contributed by atoms with Crippen LogP contribution in [0.3, 0.4) is 0 Å². The van der Waals surface area contributed by atoms with Crippen molar-refractivity contribution in [3.63, 3.8) is 0 Å². The molecule has 1 aromatic rings. The number of fused-ring (bicyclic) bond motifs is 1. The molecule has 0 aliphatic carbocycles. The van der Waals surface area contributed by atoms with Crippen LogP contribution in [-0.4, -0.2) is 31.2 Å². The van der Waals surface area contributed by atoms with Crippen molar-refractivity contribution in [1.82, 2.24) is 10.3 Å². The average molecular weight is 194 g/mol. The Morgan fingerprint density at radius 3 is 3.07 bits per heavy atom. The Morgan fingerprint density at radius 2 is 2.29 bits per heavy atom. The molecule has 1 aliphatic heterocycles. The highest BCUT2D eigenvalue weighted by Crippen LogP contribution is 2.18. The minimum absolute atomic E-state index is 0.0237. The van der Waals surface area contributed by atoms with Gasteiger partial charge in [0.1, 0.15) is 0 Å². The number of aromatic amines is 1. The van der Waals surface area contributed by atoms with Gasteiger partial charge in [0, 0.05) is 25.4 Å². The Balaban J connectivity index is 2.34. The summed E-state index contributed by atoms with van der Waals surface area (Å²) in [5, 5.41) is 2.64. The van der Waals surface area contributed by atoms with E-state index in [1.807, 2.05) is 0 Å². The molecule has 2 rings (SSSR count). The van der Waals surface area contributed by atoms with E-state index in [0.717, 1.165) is 36.3 Å². The summed E-state index contributed by atoms with van der Waals surface area (Å²) in [5.74, 6) is -0.0237. The number of amides is 1. The first kappa shape index (κ1) is 9.27. The Hall–Kier alpha value is -1.29. The highest BCUT2D eigenvalue weighted by molar-refractivity contribution is 5.95. The van der Waals surface area contributed by atoms with Gasteiger partial charge in [0.15, 0.2) is 0 Å². The van der Waals surface area contributed by atoms with E-state index in [1.54, 1.807) is 13.2 Å². The lowest BCUT2D eigenvalue weighted by atomic mass is 10.1. The molecular formula is C10H14N2O2. The average Bonchev–Trinajstić information content (AvgIpc) is 2.46. The number of ether oxygens (including phenoxy) is 1. The van der Waals surface area contributed by atoms with Crippen LogP contribution in [0.25, 0.3) is 0 Å². The number of nitrogens with one attached hydrogen (secondary N) is 2. The molecule has 14 heavy (non-hydrogen) atoms. The van der Waals surface area contributed by atoms with Gasteiger partial charge in [0.2, 0.25) is 0 Å². The molecule has 0 saturated carbocycles. The number of rotatable bonds is 1. The minimum atomic E-state index is -0.0237. The quantitative estimate of drug-likeness (QED) is 0.683. The lowest BCUT2D eigenvalue weighted by Crippen LogP contribution is -2.18. The fraction of sp³-hybridized carbons (Fsp3) is 0.500. The Bertz CT molecular complexity index is 344. The molecule has 1 aromatic heterocycles. The molecule has 0 radical (unpaired) electrons. The van der Waals surface area contributed by atoms with Gasteiger partial charge in [-0.15, -0.1) is 0 Å². The van der Waals surface area contributed by atoms with Gasteiger partial charge in [-0.05, 0) is 12.0 Å². The van der Waals surface area contributed by atoms with Crippen molar-refractivity contribution in [3.05, 3.63) is 23.0 Å². The van der Waals surface area contributed by atoms with Gasteiger partial charge in [-0.2, -0.15) is 0 Å². The van der Waals surface area contributed by atoms with E-state index in [9.17, 15) is 4.79 Å². The molecule has 0 unspecified atom stereocenters. The van der Waals surface area contributed by atoms with Crippen LogP contribution < -0.4 is 5.32 Å². The summed E-state index contributed by atoms with van der Waals surface area (Å²) in [6.45, 7) is 1.44. The molecule has 0 fully saturated rings. The first-order chi connectivity index (χ1) is 6.83. The van der Waals surface area contributed by atoms with E-state index in [4.69, 9.17) is 4.74 Å². The molecule has 1 aliphatic rings. The van der Waals surface area contributed by atoms with E-state index in [0.29, 0.717) is 6.61 Å². The summed E-state index contributed by atoms with van der Waals surface area (Å²) < 4.78 is 5.35. The first-order valence-electron chi connectivity index (χ1n) is 4.82. The predicted molar refractivity (Wildman–Crippen MR) is 52.4 cm³/mol. The summed E-state index contributed by atoms with van der Waals surface area (Å²) in [5.41, 5.74) is 3.01. The Morgan fingerprint density at radius 1 is 1.50 bits per heavy atom. The maximum Gasteiger partial charge on any atom is 0.252 e. The lowest BCUT2D eigenvalue weighted by Gasteiger charge is -2.01. The molecule has 0 aromatic carbocycles. The number of hydrogen-bond donors (Lipinski definition) is 2. The topological polar surface area (TPSA) is 54.1 Å². The van der Waals surface area contributed by atoms with E-state index >= 15 is 0 Å². The molecule has 2 heterocycles.